The van der Waals surface area contributed by atoms with E-state index in [2.05, 4.69) is 20.7 Å². The lowest BCUT2D eigenvalue weighted by Crippen LogP contribution is -2.34. The molecule has 0 saturated heterocycles. The summed E-state index contributed by atoms with van der Waals surface area (Å²) in [6, 6.07) is 0.622. The molecule has 0 fully saturated rings. The van der Waals surface area contributed by atoms with E-state index >= 15 is 0 Å². The van der Waals surface area contributed by atoms with E-state index in [0.29, 0.717) is 5.56 Å². The number of aromatic nitrogens is 1. The fourth-order valence-corrected chi connectivity index (χ4v) is 1.25. The number of nitrogens with one attached hydrogen (secondary N) is 1. The molecule has 0 saturated carbocycles. The SMILES string of the molecule is CNC(=O)C(N=O)C(N=O)c1cccnc1. The zero-order chi connectivity index (χ0) is 12.0. The summed E-state index contributed by atoms with van der Waals surface area (Å²) in [6.45, 7) is 0. The van der Waals surface area contributed by atoms with Crippen LogP contribution in [0.2, 0.25) is 0 Å². The molecule has 0 bridgehead atoms. The first-order valence-electron chi connectivity index (χ1n) is 4.51. The molecule has 2 atom stereocenters. The number of amides is 1. The third-order valence-electron chi connectivity index (χ3n) is 2.07. The van der Waals surface area contributed by atoms with Crippen LogP contribution in [0, 0.1) is 9.81 Å². The highest BCUT2D eigenvalue weighted by molar-refractivity contribution is 5.82. The van der Waals surface area contributed by atoms with Crippen molar-refractivity contribution in [2.45, 2.75) is 12.1 Å². The number of nitrogens with zero attached hydrogens (tertiary/aromatic N) is 3. The first-order chi connectivity index (χ1) is 7.74. The molecule has 1 aromatic heterocycles. The van der Waals surface area contributed by atoms with Crippen LogP contribution in [-0.4, -0.2) is 24.0 Å². The molecule has 0 radical (unpaired) electrons. The summed E-state index contributed by atoms with van der Waals surface area (Å²) in [5.74, 6) is -0.650. The van der Waals surface area contributed by atoms with Crippen LogP contribution in [0.3, 0.4) is 0 Å². The maximum absolute atomic E-state index is 11.3. The number of likely N-dealkylation sites (N-methyl/N-ethyl adjacent to an activating group) is 1. The Labute approximate surface area is 91.2 Å². The molecule has 1 N–H and O–H groups in total. The third kappa shape index (κ3) is 2.44. The van der Waals surface area contributed by atoms with Crippen molar-refractivity contribution in [3.05, 3.63) is 39.9 Å². The molecule has 1 amide bonds. The second-order valence-electron chi connectivity index (χ2n) is 3.00. The Kier molecular flexibility index (Phi) is 4.19. The van der Waals surface area contributed by atoms with Gasteiger partial charge in [-0.05, 0) is 6.07 Å². The first-order valence-corrected chi connectivity index (χ1v) is 4.51. The van der Waals surface area contributed by atoms with E-state index in [9.17, 15) is 14.6 Å². The Morgan fingerprint density at radius 2 is 2.19 bits per heavy atom. The monoisotopic (exact) mass is 222 g/mol. The lowest BCUT2D eigenvalue weighted by atomic mass is 10.0. The predicted molar refractivity (Wildman–Crippen MR) is 56.4 cm³/mol. The number of pyridine rings is 1. The summed E-state index contributed by atoms with van der Waals surface area (Å²) < 4.78 is 0. The van der Waals surface area contributed by atoms with Gasteiger partial charge in [0, 0.05) is 25.0 Å². The van der Waals surface area contributed by atoms with Crippen LogP contribution in [0.5, 0.6) is 0 Å². The van der Waals surface area contributed by atoms with Crippen molar-refractivity contribution >= 4 is 5.91 Å². The van der Waals surface area contributed by atoms with E-state index in [4.69, 9.17) is 0 Å². The molecule has 0 aliphatic rings. The highest BCUT2D eigenvalue weighted by Gasteiger charge is 2.31. The van der Waals surface area contributed by atoms with Crippen LogP contribution in [-0.2, 0) is 4.79 Å². The Bertz CT molecular complexity index is 382. The van der Waals surface area contributed by atoms with Crippen molar-refractivity contribution in [2.24, 2.45) is 10.4 Å². The maximum atomic E-state index is 11.3. The van der Waals surface area contributed by atoms with Crippen LogP contribution in [0.15, 0.2) is 34.9 Å². The molecule has 0 spiro atoms. The van der Waals surface area contributed by atoms with Gasteiger partial charge in [-0.1, -0.05) is 16.4 Å². The van der Waals surface area contributed by atoms with Gasteiger partial charge in [0.25, 0.3) is 5.91 Å². The summed E-state index contributed by atoms with van der Waals surface area (Å²) >= 11 is 0. The number of nitroso groups, excluding NO2 is 2. The quantitative estimate of drug-likeness (QED) is 0.743. The van der Waals surface area contributed by atoms with Gasteiger partial charge in [0.05, 0.1) is 0 Å². The maximum Gasteiger partial charge on any atom is 0.250 e. The van der Waals surface area contributed by atoms with Gasteiger partial charge in [0.1, 0.15) is 0 Å². The number of carbonyl (C=O) groups excluding carboxylic acids is 1. The topological polar surface area (TPSA) is 101 Å². The summed E-state index contributed by atoms with van der Waals surface area (Å²) in [4.78, 5) is 36.3. The van der Waals surface area contributed by atoms with E-state index < -0.39 is 18.0 Å². The van der Waals surface area contributed by atoms with Gasteiger partial charge >= 0.3 is 0 Å². The average molecular weight is 222 g/mol. The summed E-state index contributed by atoms with van der Waals surface area (Å²) in [7, 11) is 1.35. The number of rotatable bonds is 5. The van der Waals surface area contributed by atoms with Gasteiger partial charge in [-0.25, -0.2) is 0 Å². The Morgan fingerprint density at radius 1 is 1.44 bits per heavy atom. The molecule has 1 aromatic rings. The van der Waals surface area contributed by atoms with Crippen LogP contribution < -0.4 is 5.32 Å². The number of hydrogen-bond donors (Lipinski definition) is 1. The smallest absolute Gasteiger partial charge is 0.250 e. The minimum Gasteiger partial charge on any atom is -0.357 e. The molecule has 84 valence electrons. The van der Waals surface area contributed by atoms with Crippen LogP contribution in [0.25, 0.3) is 0 Å². The van der Waals surface area contributed by atoms with E-state index in [1.165, 1.54) is 19.4 Å². The molecule has 0 aromatic carbocycles. The van der Waals surface area contributed by atoms with Crippen molar-refractivity contribution in [2.75, 3.05) is 7.05 Å². The van der Waals surface area contributed by atoms with Crippen LogP contribution in [0.4, 0.5) is 0 Å². The molecule has 1 rings (SSSR count). The van der Waals surface area contributed by atoms with Crippen LogP contribution >= 0.6 is 0 Å². The Hall–Kier alpha value is -2.18. The fourth-order valence-electron chi connectivity index (χ4n) is 1.25. The molecule has 0 aliphatic heterocycles. The summed E-state index contributed by atoms with van der Waals surface area (Å²) in [5.41, 5.74) is 0.380. The van der Waals surface area contributed by atoms with E-state index in [0.717, 1.165) is 0 Å². The van der Waals surface area contributed by atoms with Crippen molar-refractivity contribution in [1.82, 2.24) is 10.3 Å². The van der Waals surface area contributed by atoms with Gasteiger partial charge in [-0.2, -0.15) is 4.91 Å². The van der Waals surface area contributed by atoms with Crippen molar-refractivity contribution in [3.63, 3.8) is 0 Å². The highest BCUT2D eigenvalue weighted by Crippen LogP contribution is 2.22. The minimum absolute atomic E-state index is 0.380. The average Bonchev–Trinajstić information content (AvgIpc) is 2.36. The van der Waals surface area contributed by atoms with Crippen molar-refractivity contribution < 1.29 is 4.79 Å². The van der Waals surface area contributed by atoms with Gasteiger partial charge < -0.3 is 5.32 Å². The lowest BCUT2D eigenvalue weighted by Gasteiger charge is -2.13. The molecular formula is C9H10N4O3. The normalized spacial score (nSPS) is 13.6. The summed E-state index contributed by atoms with van der Waals surface area (Å²) in [6.07, 6.45) is 2.88. The van der Waals surface area contributed by atoms with Crippen molar-refractivity contribution in [1.29, 1.82) is 0 Å². The second kappa shape index (κ2) is 5.64. The second-order valence-corrected chi connectivity index (χ2v) is 3.00. The van der Waals surface area contributed by atoms with E-state index in [1.54, 1.807) is 12.1 Å². The predicted octanol–water partition coefficient (Wildman–Crippen LogP) is 0.770. The van der Waals surface area contributed by atoms with Gasteiger partial charge in [0.2, 0.25) is 0 Å². The molecule has 2 unspecified atom stereocenters. The lowest BCUT2D eigenvalue weighted by molar-refractivity contribution is -0.122. The van der Waals surface area contributed by atoms with Gasteiger partial charge in [-0.3, -0.25) is 9.78 Å². The summed E-state index contributed by atoms with van der Waals surface area (Å²) in [5, 5.41) is 7.63. The Morgan fingerprint density at radius 3 is 2.62 bits per heavy atom. The Balaban J connectivity index is 3.01. The van der Waals surface area contributed by atoms with Crippen LogP contribution in [0.1, 0.15) is 11.6 Å². The zero-order valence-electron chi connectivity index (χ0n) is 8.53. The standard InChI is InChI=1S/C9H10N4O3/c1-10-9(14)8(13-16)7(12-15)6-3-2-4-11-5-6/h2-5,7-8H,1H3,(H,10,14). The molecule has 16 heavy (non-hydrogen) atoms. The first kappa shape index (κ1) is 11.9. The largest absolute Gasteiger partial charge is 0.357 e. The highest BCUT2D eigenvalue weighted by atomic mass is 16.3. The molecule has 0 aliphatic carbocycles. The minimum atomic E-state index is -1.37. The molecule has 7 nitrogen and oxygen atoms in total. The number of hydrogen-bond acceptors (Lipinski definition) is 6. The fraction of sp³-hybridized carbons (Fsp3) is 0.333. The molecular weight excluding hydrogens is 212 g/mol. The zero-order valence-corrected chi connectivity index (χ0v) is 8.53. The number of carbonyl (C=O) groups is 1. The molecule has 1 heterocycles. The van der Waals surface area contributed by atoms with Crippen molar-refractivity contribution in [3.8, 4) is 0 Å². The molecule has 7 heteroatoms. The van der Waals surface area contributed by atoms with E-state index in [-0.39, 0.29) is 0 Å². The van der Waals surface area contributed by atoms with Gasteiger partial charge in [-0.15, -0.1) is 4.91 Å². The van der Waals surface area contributed by atoms with Gasteiger partial charge in [0.15, 0.2) is 12.1 Å². The third-order valence-corrected chi connectivity index (χ3v) is 2.07. The van der Waals surface area contributed by atoms with E-state index in [1.807, 2.05) is 0 Å².